The number of hydrogen-bond acceptors (Lipinski definition) is 5. The first-order valence-electron chi connectivity index (χ1n) is 8.24. The summed E-state index contributed by atoms with van der Waals surface area (Å²) in [4.78, 5) is 20.2. The van der Waals surface area contributed by atoms with Gasteiger partial charge in [0, 0.05) is 39.8 Å². The SMILES string of the molecule is CCNC(=NCCOCCOC)N1CCN(C(=O)OCC)CC1. The number of methoxy groups -OCH3 is 1. The van der Waals surface area contributed by atoms with E-state index in [-0.39, 0.29) is 6.09 Å². The maximum absolute atomic E-state index is 11.7. The second-order valence-electron chi connectivity index (χ2n) is 5.01. The highest BCUT2D eigenvalue weighted by Crippen LogP contribution is 2.04. The Morgan fingerprint density at radius 3 is 2.39 bits per heavy atom. The summed E-state index contributed by atoms with van der Waals surface area (Å²) in [7, 11) is 1.65. The van der Waals surface area contributed by atoms with E-state index in [4.69, 9.17) is 14.2 Å². The summed E-state index contributed by atoms with van der Waals surface area (Å²) in [6.45, 7) is 10.2. The molecule has 1 saturated heterocycles. The molecule has 8 nitrogen and oxygen atoms in total. The standard InChI is InChI=1S/C15H30N4O4/c1-4-16-14(17-6-11-22-13-12-21-3)18-7-9-19(10-8-18)15(20)23-5-2/h4-13H2,1-3H3,(H,16,17). The third-order valence-electron chi connectivity index (χ3n) is 3.37. The molecule has 1 amide bonds. The van der Waals surface area contributed by atoms with Gasteiger partial charge in [-0.05, 0) is 13.8 Å². The summed E-state index contributed by atoms with van der Waals surface area (Å²) >= 11 is 0. The third-order valence-corrected chi connectivity index (χ3v) is 3.37. The number of rotatable bonds is 8. The Morgan fingerprint density at radius 2 is 1.78 bits per heavy atom. The molecule has 0 bridgehead atoms. The van der Waals surface area contributed by atoms with Crippen LogP contribution in [-0.2, 0) is 14.2 Å². The van der Waals surface area contributed by atoms with Crippen molar-refractivity contribution < 1.29 is 19.0 Å². The molecule has 0 atom stereocenters. The Labute approximate surface area is 138 Å². The minimum atomic E-state index is -0.236. The number of carbonyl (C=O) groups excluding carboxylic acids is 1. The second kappa shape index (κ2) is 12.0. The van der Waals surface area contributed by atoms with Crippen LogP contribution in [0.2, 0.25) is 0 Å². The van der Waals surface area contributed by atoms with Gasteiger partial charge in [0.15, 0.2) is 5.96 Å². The zero-order chi connectivity index (χ0) is 16.9. The number of guanidine groups is 1. The van der Waals surface area contributed by atoms with E-state index in [0.717, 1.165) is 25.6 Å². The lowest BCUT2D eigenvalue weighted by molar-refractivity contribution is 0.0746. The average molecular weight is 330 g/mol. The van der Waals surface area contributed by atoms with Crippen LogP contribution in [0.15, 0.2) is 4.99 Å². The lowest BCUT2D eigenvalue weighted by Crippen LogP contribution is -2.54. The molecule has 1 aliphatic heterocycles. The van der Waals surface area contributed by atoms with Gasteiger partial charge in [0.1, 0.15) is 0 Å². The molecule has 0 radical (unpaired) electrons. The fraction of sp³-hybridized carbons (Fsp3) is 0.867. The van der Waals surface area contributed by atoms with Crippen molar-refractivity contribution in [3.8, 4) is 0 Å². The Hall–Kier alpha value is -1.54. The van der Waals surface area contributed by atoms with E-state index in [1.165, 1.54) is 0 Å². The number of nitrogens with one attached hydrogen (secondary N) is 1. The fourth-order valence-corrected chi connectivity index (χ4v) is 2.20. The minimum Gasteiger partial charge on any atom is -0.450 e. The molecule has 0 aromatic carbocycles. The zero-order valence-corrected chi connectivity index (χ0v) is 14.5. The molecule has 8 heteroatoms. The first-order chi connectivity index (χ1) is 11.2. The Bertz CT molecular complexity index is 357. The Kier molecular flexibility index (Phi) is 10.1. The molecule has 0 aliphatic carbocycles. The van der Waals surface area contributed by atoms with Crippen LogP contribution in [0.4, 0.5) is 4.79 Å². The lowest BCUT2D eigenvalue weighted by atomic mass is 10.3. The highest BCUT2D eigenvalue weighted by Gasteiger charge is 2.23. The molecule has 23 heavy (non-hydrogen) atoms. The van der Waals surface area contributed by atoms with Crippen molar-refractivity contribution >= 4 is 12.1 Å². The molecule has 0 aromatic heterocycles. The summed E-state index contributed by atoms with van der Waals surface area (Å²) in [5.41, 5.74) is 0. The van der Waals surface area contributed by atoms with Gasteiger partial charge < -0.3 is 29.3 Å². The van der Waals surface area contributed by atoms with Crippen LogP contribution in [0.1, 0.15) is 13.8 Å². The number of carbonyl (C=O) groups is 1. The van der Waals surface area contributed by atoms with Crippen molar-refractivity contribution in [1.82, 2.24) is 15.1 Å². The zero-order valence-electron chi connectivity index (χ0n) is 14.5. The Morgan fingerprint density at radius 1 is 1.09 bits per heavy atom. The van der Waals surface area contributed by atoms with E-state index < -0.39 is 0 Å². The normalized spacial score (nSPS) is 15.7. The smallest absolute Gasteiger partial charge is 0.409 e. The molecule has 0 spiro atoms. The molecular weight excluding hydrogens is 300 g/mol. The maximum Gasteiger partial charge on any atom is 0.409 e. The topological polar surface area (TPSA) is 75.6 Å². The van der Waals surface area contributed by atoms with E-state index in [0.29, 0.717) is 46.1 Å². The highest BCUT2D eigenvalue weighted by atomic mass is 16.6. The molecule has 0 aromatic rings. The van der Waals surface area contributed by atoms with Crippen LogP contribution in [0.25, 0.3) is 0 Å². The second-order valence-corrected chi connectivity index (χ2v) is 5.01. The molecule has 134 valence electrons. The number of aliphatic imine (C=N–C) groups is 1. The van der Waals surface area contributed by atoms with Crippen LogP contribution in [0.3, 0.4) is 0 Å². The van der Waals surface area contributed by atoms with Gasteiger partial charge in [-0.15, -0.1) is 0 Å². The van der Waals surface area contributed by atoms with Crippen LogP contribution in [0.5, 0.6) is 0 Å². The van der Waals surface area contributed by atoms with Gasteiger partial charge in [-0.2, -0.15) is 0 Å². The largest absolute Gasteiger partial charge is 0.450 e. The van der Waals surface area contributed by atoms with Gasteiger partial charge in [0.25, 0.3) is 0 Å². The predicted octanol–water partition coefficient (Wildman–Crippen LogP) is 0.389. The van der Waals surface area contributed by atoms with Gasteiger partial charge in [0.2, 0.25) is 0 Å². The molecule has 0 saturated carbocycles. The van der Waals surface area contributed by atoms with Crippen molar-refractivity contribution in [3.05, 3.63) is 0 Å². The highest BCUT2D eigenvalue weighted by molar-refractivity contribution is 5.80. The minimum absolute atomic E-state index is 0.236. The summed E-state index contributed by atoms with van der Waals surface area (Å²) in [5.74, 6) is 0.867. The van der Waals surface area contributed by atoms with E-state index in [9.17, 15) is 4.79 Å². The van der Waals surface area contributed by atoms with Crippen LogP contribution < -0.4 is 5.32 Å². The number of hydrogen-bond donors (Lipinski definition) is 1. The van der Waals surface area contributed by atoms with E-state index >= 15 is 0 Å². The summed E-state index contributed by atoms with van der Waals surface area (Å²) in [6.07, 6.45) is -0.236. The summed E-state index contributed by atoms with van der Waals surface area (Å²) in [5, 5.41) is 3.28. The lowest BCUT2D eigenvalue weighted by Gasteiger charge is -2.35. The first kappa shape index (κ1) is 19.5. The molecule has 1 aliphatic rings. The van der Waals surface area contributed by atoms with Crippen LogP contribution in [0, 0.1) is 0 Å². The predicted molar refractivity (Wildman–Crippen MR) is 88.8 cm³/mol. The van der Waals surface area contributed by atoms with E-state index in [2.05, 4.69) is 15.2 Å². The first-order valence-corrected chi connectivity index (χ1v) is 8.24. The van der Waals surface area contributed by atoms with Gasteiger partial charge in [-0.1, -0.05) is 0 Å². The van der Waals surface area contributed by atoms with Crippen molar-refractivity contribution in [2.24, 2.45) is 4.99 Å². The number of nitrogens with zero attached hydrogens (tertiary/aromatic N) is 3. The van der Waals surface area contributed by atoms with Gasteiger partial charge in [-0.3, -0.25) is 4.99 Å². The third kappa shape index (κ3) is 7.51. The van der Waals surface area contributed by atoms with Crippen molar-refractivity contribution in [2.75, 3.05) is 72.8 Å². The molecule has 1 fully saturated rings. The van der Waals surface area contributed by atoms with Crippen molar-refractivity contribution in [1.29, 1.82) is 0 Å². The number of piperazine rings is 1. The molecule has 1 N–H and O–H groups in total. The number of amides is 1. The Balaban J connectivity index is 2.38. The maximum atomic E-state index is 11.7. The van der Waals surface area contributed by atoms with E-state index in [1.54, 1.807) is 12.0 Å². The molecule has 0 unspecified atom stereocenters. The number of ether oxygens (including phenoxy) is 3. The van der Waals surface area contributed by atoms with Crippen molar-refractivity contribution in [3.63, 3.8) is 0 Å². The van der Waals surface area contributed by atoms with E-state index in [1.807, 2.05) is 13.8 Å². The van der Waals surface area contributed by atoms with Crippen LogP contribution >= 0.6 is 0 Å². The summed E-state index contributed by atoms with van der Waals surface area (Å²) < 4.78 is 15.4. The molecule has 1 heterocycles. The fourth-order valence-electron chi connectivity index (χ4n) is 2.20. The van der Waals surface area contributed by atoms with Gasteiger partial charge in [0.05, 0.1) is 33.0 Å². The van der Waals surface area contributed by atoms with Gasteiger partial charge >= 0.3 is 6.09 Å². The molecular formula is C15H30N4O4. The van der Waals surface area contributed by atoms with Crippen molar-refractivity contribution in [2.45, 2.75) is 13.8 Å². The van der Waals surface area contributed by atoms with Gasteiger partial charge in [-0.25, -0.2) is 4.79 Å². The summed E-state index contributed by atoms with van der Waals surface area (Å²) in [6, 6.07) is 0. The quantitative estimate of drug-likeness (QED) is 0.394. The van der Waals surface area contributed by atoms with Crippen LogP contribution in [-0.4, -0.2) is 94.7 Å². The average Bonchev–Trinajstić information content (AvgIpc) is 2.57. The molecule has 1 rings (SSSR count). The monoisotopic (exact) mass is 330 g/mol.